The van der Waals surface area contributed by atoms with E-state index in [0.717, 1.165) is 10.6 Å². The fraction of sp³-hybridized carbons (Fsp3) is 0.381. The third-order valence-corrected chi connectivity index (χ3v) is 5.34. The van der Waals surface area contributed by atoms with Gasteiger partial charge in [0.2, 0.25) is 5.91 Å². The van der Waals surface area contributed by atoms with Gasteiger partial charge in [0.1, 0.15) is 5.01 Å². The molecule has 1 aliphatic rings. The molecule has 142 valence electrons. The lowest BCUT2D eigenvalue weighted by Gasteiger charge is -2.22. The maximum absolute atomic E-state index is 12.0. The predicted octanol–water partition coefficient (Wildman–Crippen LogP) is 4.86. The Kier molecular flexibility index (Phi) is 6.76. The topological polar surface area (TPSA) is 68.3 Å². The molecule has 27 heavy (non-hydrogen) atoms. The minimum atomic E-state index is -0.353. The highest BCUT2D eigenvalue weighted by molar-refractivity contribution is 7.10. The highest BCUT2D eigenvalue weighted by atomic mass is 32.1. The van der Waals surface area contributed by atoms with Crippen molar-refractivity contribution in [3.8, 4) is 0 Å². The lowest BCUT2D eigenvalue weighted by Crippen LogP contribution is -2.14. The molecule has 3 rings (SSSR count). The van der Waals surface area contributed by atoms with Crippen LogP contribution in [0.25, 0.3) is 12.2 Å². The van der Waals surface area contributed by atoms with Crippen LogP contribution in [0.1, 0.15) is 61.2 Å². The third-order valence-electron chi connectivity index (χ3n) is 4.51. The SMILES string of the molecule is CCOC(=O)CCC(=O)Nc1cccc(/C=C/c2nc(C3CCC3)cs2)c1. The van der Waals surface area contributed by atoms with Crippen LogP contribution in [-0.2, 0) is 14.3 Å². The van der Waals surface area contributed by atoms with Gasteiger partial charge in [-0.2, -0.15) is 0 Å². The number of esters is 1. The molecule has 0 atom stereocenters. The van der Waals surface area contributed by atoms with Gasteiger partial charge in [0.15, 0.2) is 0 Å². The van der Waals surface area contributed by atoms with Gasteiger partial charge in [0.25, 0.3) is 0 Å². The van der Waals surface area contributed by atoms with Gasteiger partial charge < -0.3 is 10.1 Å². The lowest BCUT2D eigenvalue weighted by atomic mass is 9.83. The summed E-state index contributed by atoms with van der Waals surface area (Å²) >= 11 is 1.66. The summed E-state index contributed by atoms with van der Waals surface area (Å²) in [6, 6.07) is 7.60. The van der Waals surface area contributed by atoms with Crippen LogP contribution in [0.5, 0.6) is 0 Å². The maximum atomic E-state index is 12.0. The molecule has 6 heteroatoms. The Bertz CT molecular complexity index is 824. The summed E-state index contributed by atoms with van der Waals surface area (Å²) in [6.07, 6.45) is 8.03. The molecule has 1 saturated carbocycles. The van der Waals surface area contributed by atoms with Crippen molar-refractivity contribution in [2.24, 2.45) is 0 Å². The van der Waals surface area contributed by atoms with Crippen LogP contribution in [0.2, 0.25) is 0 Å². The van der Waals surface area contributed by atoms with Gasteiger partial charge in [0.05, 0.1) is 18.7 Å². The molecule has 1 aromatic heterocycles. The average molecular weight is 385 g/mol. The van der Waals surface area contributed by atoms with Gasteiger partial charge in [0, 0.05) is 23.4 Å². The summed E-state index contributed by atoms with van der Waals surface area (Å²) in [5.41, 5.74) is 2.91. The monoisotopic (exact) mass is 384 g/mol. The zero-order valence-electron chi connectivity index (χ0n) is 15.4. The Morgan fingerprint density at radius 1 is 1.30 bits per heavy atom. The largest absolute Gasteiger partial charge is 0.466 e. The normalized spacial score (nSPS) is 14.1. The molecule has 1 fully saturated rings. The molecule has 0 spiro atoms. The van der Waals surface area contributed by atoms with E-state index >= 15 is 0 Å². The molecule has 0 aliphatic heterocycles. The number of hydrogen-bond acceptors (Lipinski definition) is 5. The van der Waals surface area contributed by atoms with Gasteiger partial charge >= 0.3 is 5.97 Å². The lowest BCUT2D eigenvalue weighted by molar-refractivity contribution is -0.144. The van der Waals surface area contributed by atoms with Gasteiger partial charge in [-0.25, -0.2) is 4.98 Å². The fourth-order valence-corrected chi connectivity index (χ4v) is 3.62. The first kappa shape index (κ1) is 19.3. The van der Waals surface area contributed by atoms with Crippen LogP contribution in [-0.4, -0.2) is 23.5 Å². The molecular weight excluding hydrogens is 360 g/mol. The average Bonchev–Trinajstić information content (AvgIpc) is 3.06. The second-order valence-electron chi connectivity index (χ2n) is 6.55. The molecule has 1 N–H and O–H groups in total. The second kappa shape index (κ2) is 9.46. The summed E-state index contributed by atoms with van der Waals surface area (Å²) in [7, 11) is 0. The van der Waals surface area contributed by atoms with E-state index in [-0.39, 0.29) is 24.7 Å². The van der Waals surface area contributed by atoms with Crippen molar-refractivity contribution in [3.05, 3.63) is 45.9 Å². The molecule has 0 unspecified atom stereocenters. The first-order valence-corrected chi connectivity index (χ1v) is 10.2. The Labute approximate surface area is 163 Å². The minimum Gasteiger partial charge on any atom is -0.466 e. The molecular formula is C21H24N2O3S. The first-order valence-electron chi connectivity index (χ1n) is 9.33. The summed E-state index contributed by atoms with van der Waals surface area (Å²) in [5, 5.41) is 5.98. The Morgan fingerprint density at radius 2 is 2.15 bits per heavy atom. The number of carbonyl (C=O) groups excluding carboxylic acids is 2. The van der Waals surface area contributed by atoms with Crippen molar-refractivity contribution < 1.29 is 14.3 Å². The maximum Gasteiger partial charge on any atom is 0.306 e. The van der Waals surface area contributed by atoms with Crippen molar-refractivity contribution in [1.82, 2.24) is 4.98 Å². The number of ether oxygens (including phenoxy) is 1. The number of benzene rings is 1. The van der Waals surface area contributed by atoms with Gasteiger partial charge in [-0.15, -0.1) is 11.3 Å². The van der Waals surface area contributed by atoms with Crippen LogP contribution in [0, 0.1) is 0 Å². The molecule has 1 aromatic carbocycles. The summed E-state index contributed by atoms with van der Waals surface area (Å²) in [4.78, 5) is 28.0. The van der Waals surface area contributed by atoms with Crippen LogP contribution in [0.4, 0.5) is 5.69 Å². The van der Waals surface area contributed by atoms with Crippen molar-refractivity contribution in [2.45, 2.75) is 44.9 Å². The van der Waals surface area contributed by atoms with Crippen LogP contribution in [0.15, 0.2) is 29.6 Å². The van der Waals surface area contributed by atoms with Crippen molar-refractivity contribution in [3.63, 3.8) is 0 Å². The zero-order chi connectivity index (χ0) is 19.1. The molecule has 1 heterocycles. The van der Waals surface area contributed by atoms with Crippen LogP contribution < -0.4 is 5.32 Å². The quantitative estimate of drug-likeness (QED) is 0.660. The minimum absolute atomic E-state index is 0.0899. The zero-order valence-corrected chi connectivity index (χ0v) is 16.3. The molecule has 2 aromatic rings. The summed E-state index contributed by atoms with van der Waals surface area (Å²) < 4.78 is 4.83. The summed E-state index contributed by atoms with van der Waals surface area (Å²) in [6.45, 7) is 2.08. The Balaban J connectivity index is 1.54. The van der Waals surface area contributed by atoms with E-state index in [1.165, 1.54) is 25.0 Å². The Morgan fingerprint density at radius 3 is 2.89 bits per heavy atom. The van der Waals surface area contributed by atoms with E-state index in [9.17, 15) is 9.59 Å². The second-order valence-corrected chi connectivity index (χ2v) is 7.44. The third kappa shape index (κ3) is 5.76. The van der Waals surface area contributed by atoms with E-state index in [1.54, 1.807) is 18.3 Å². The predicted molar refractivity (Wildman–Crippen MR) is 109 cm³/mol. The van der Waals surface area contributed by atoms with Crippen LogP contribution in [0.3, 0.4) is 0 Å². The van der Waals surface area contributed by atoms with Gasteiger partial charge in [-0.1, -0.05) is 24.6 Å². The van der Waals surface area contributed by atoms with E-state index in [1.807, 2.05) is 36.4 Å². The number of aromatic nitrogens is 1. The number of rotatable bonds is 8. The number of carbonyl (C=O) groups is 2. The number of thiazole rings is 1. The molecule has 0 saturated heterocycles. The van der Waals surface area contributed by atoms with E-state index in [0.29, 0.717) is 18.2 Å². The standard InChI is InChI=1S/C21H24N2O3S/c1-2-26-21(25)12-10-19(24)22-17-8-3-5-15(13-17)9-11-20-23-18(14-27-20)16-6-4-7-16/h3,5,8-9,11,13-14,16H,2,4,6-7,10,12H2,1H3,(H,22,24)/b11-9+. The molecule has 1 aliphatic carbocycles. The smallest absolute Gasteiger partial charge is 0.306 e. The van der Waals surface area contributed by atoms with Gasteiger partial charge in [-0.05, 0) is 43.5 Å². The fourth-order valence-electron chi connectivity index (χ4n) is 2.83. The summed E-state index contributed by atoms with van der Waals surface area (Å²) in [5.74, 6) is 0.0971. The van der Waals surface area contributed by atoms with E-state index in [4.69, 9.17) is 9.72 Å². The number of amides is 1. The van der Waals surface area contributed by atoms with Crippen molar-refractivity contribution >= 4 is 41.1 Å². The van der Waals surface area contributed by atoms with E-state index in [2.05, 4.69) is 10.7 Å². The van der Waals surface area contributed by atoms with Crippen LogP contribution >= 0.6 is 11.3 Å². The number of hydrogen-bond donors (Lipinski definition) is 1. The number of anilines is 1. The number of nitrogens with zero attached hydrogens (tertiary/aromatic N) is 1. The highest BCUT2D eigenvalue weighted by Gasteiger charge is 2.21. The van der Waals surface area contributed by atoms with Crippen molar-refractivity contribution in [2.75, 3.05) is 11.9 Å². The number of nitrogens with one attached hydrogen (secondary N) is 1. The molecule has 5 nitrogen and oxygen atoms in total. The van der Waals surface area contributed by atoms with E-state index < -0.39 is 0 Å². The van der Waals surface area contributed by atoms with Crippen molar-refractivity contribution in [1.29, 1.82) is 0 Å². The highest BCUT2D eigenvalue weighted by Crippen LogP contribution is 2.36. The molecule has 0 bridgehead atoms. The van der Waals surface area contributed by atoms with Gasteiger partial charge in [-0.3, -0.25) is 9.59 Å². The molecule has 1 amide bonds. The Hall–Kier alpha value is -2.47. The molecule has 0 radical (unpaired) electrons. The first-order chi connectivity index (χ1) is 13.1.